The van der Waals surface area contributed by atoms with E-state index in [2.05, 4.69) is 9.97 Å². The van der Waals surface area contributed by atoms with Gasteiger partial charge >= 0.3 is 5.69 Å². The van der Waals surface area contributed by atoms with Gasteiger partial charge in [0.15, 0.2) is 0 Å². The van der Waals surface area contributed by atoms with E-state index in [0.717, 1.165) is 11.3 Å². The van der Waals surface area contributed by atoms with Crippen LogP contribution in [0, 0.1) is 6.92 Å². The molecule has 0 unspecified atom stereocenters. The zero-order valence-corrected chi connectivity index (χ0v) is 10.3. The van der Waals surface area contributed by atoms with Gasteiger partial charge in [0.25, 0.3) is 5.56 Å². The molecule has 19 heavy (non-hydrogen) atoms. The molecule has 3 aromatic heterocycles. The van der Waals surface area contributed by atoms with Crippen LogP contribution in [-0.2, 0) is 6.54 Å². The van der Waals surface area contributed by atoms with Crippen molar-refractivity contribution in [1.82, 2.24) is 18.9 Å². The second-order valence-electron chi connectivity index (χ2n) is 4.40. The average Bonchev–Trinajstić information content (AvgIpc) is 2.78. The van der Waals surface area contributed by atoms with E-state index in [0.29, 0.717) is 12.1 Å². The number of fused-ring (bicyclic) bond motifs is 1. The van der Waals surface area contributed by atoms with Crippen LogP contribution < -0.4 is 11.2 Å². The monoisotopic (exact) mass is 256 g/mol. The molecule has 0 fully saturated rings. The third kappa shape index (κ3) is 2.08. The molecular weight excluding hydrogens is 244 g/mol. The van der Waals surface area contributed by atoms with E-state index in [1.54, 1.807) is 13.1 Å². The lowest BCUT2D eigenvalue weighted by molar-refractivity contribution is 0.702. The summed E-state index contributed by atoms with van der Waals surface area (Å²) < 4.78 is 3.33. The van der Waals surface area contributed by atoms with Gasteiger partial charge in [0.1, 0.15) is 5.65 Å². The molecule has 3 heterocycles. The van der Waals surface area contributed by atoms with E-state index in [-0.39, 0.29) is 5.56 Å². The first-order valence-electron chi connectivity index (χ1n) is 5.86. The maximum absolute atomic E-state index is 11.7. The molecule has 0 aliphatic rings. The van der Waals surface area contributed by atoms with E-state index in [1.807, 2.05) is 35.0 Å². The Labute approximate surface area is 108 Å². The number of rotatable bonds is 2. The fourth-order valence-corrected chi connectivity index (χ4v) is 1.97. The number of hydrogen-bond acceptors (Lipinski definition) is 3. The van der Waals surface area contributed by atoms with Gasteiger partial charge in [-0.1, -0.05) is 6.07 Å². The highest BCUT2D eigenvalue weighted by atomic mass is 16.2. The highest BCUT2D eigenvalue weighted by Crippen LogP contribution is 2.05. The molecule has 0 aromatic carbocycles. The number of H-pyrrole nitrogens is 1. The van der Waals surface area contributed by atoms with Crippen molar-refractivity contribution in [2.45, 2.75) is 13.5 Å². The Morgan fingerprint density at radius 3 is 2.89 bits per heavy atom. The maximum Gasteiger partial charge on any atom is 0.328 e. The molecule has 0 saturated heterocycles. The molecule has 0 bridgehead atoms. The fourth-order valence-electron chi connectivity index (χ4n) is 1.97. The van der Waals surface area contributed by atoms with Crippen LogP contribution in [0.5, 0.6) is 0 Å². The summed E-state index contributed by atoms with van der Waals surface area (Å²) in [4.78, 5) is 29.7. The van der Waals surface area contributed by atoms with Gasteiger partial charge in [-0.2, -0.15) is 0 Å². The fraction of sp³-hybridized carbons (Fsp3) is 0.154. The maximum atomic E-state index is 11.7. The lowest BCUT2D eigenvalue weighted by Crippen LogP contribution is -2.31. The quantitative estimate of drug-likeness (QED) is 0.727. The van der Waals surface area contributed by atoms with Crippen LogP contribution in [0.15, 0.2) is 46.4 Å². The number of nitrogens with zero attached hydrogens (tertiary/aromatic N) is 3. The van der Waals surface area contributed by atoms with E-state index in [4.69, 9.17) is 0 Å². The van der Waals surface area contributed by atoms with Crippen molar-refractivity contribution in [1.29, 1.82) is 0 Å². The van der Waals surface area contributed by atoms with Crippen LogP contribution in [0.25, 0.3) is 5.65 Å². The number of nitrogens with one attached hydrogen (secondary N) is 1. The molecule has 6 nitrogen and oxygen atoms in total. The topological polar surface area (TPSA) is 72.2 Å². The standard InChI is InChI=1S/C13H12N4O2/c1-9-6-17(13(19)15-12(9)18)8-10-7-16-5-3-2-4-11(16)14-10/h2-7H,8H2,1H3,(H,15,18,19). The Kier molecular flexibility index (Phi) is 2.56. The minimum absolute atomic E-state index is 0.331. The lowest BCUT2D eigenvalue weighted by atomic mass is 10.4. The van der Waals surface area contributed by atoms with Crippen LogP contribution in [0.3, 0.4) is 0 Å². The van der Waals surface area contributed by atoms with Crippen molar-refractivity contribution in [2.75, 3.05) is 0 Å². The minimum atomic E-state index is -0.423. The Morgan fingerprint density at radius 1 is 1.26 bits per heavy atom. The van der Waals surface area contributed by atoms with Crippen LogP contribution >= 0.6 is 0 Å². The lowest BCUT2D eigenvalue weighted by Gasteiger charge is -2.02. The summed E-state index contributed by atoms with van der Waals surface area (Å²) in [5.74, 6) is 0. The summed E-state index contributed by atoms with van der Waals surface area (Å²) in [5.41, 5.74) is 1.32. The first-order valence-corrected chi connectivity index (χ1v) is 5.86. The molecule has 1 N–H and O–H groups in total. The predicted molar refractivity (Wildman–Crippen MR) is 70.4 cm³/mol. The zero-order chi connectivity index (χ0) is 13.4. The number of hydrogen-bond donors (Lipinski definition) is 1. The van der Waals surface area contributed by atoms with Gasteiger partial charge < -0.3 is 4.40 Å². The van der Waals surface area contributed by atoms with Crippen LogP contribution in [0.1, 0.15) is 11.3 Å². The summed E-state index contributed by atoms with van der Waals surface area (Å²) in [6.07, 6.45) is 5.31. The van der Waals surface area contributed by atoms with Crippen LogP contribution in [0.2, 0.25) is 0 Å². The molecule has 0 radical (unpaired) electrons. The normalized spacial score (nSPS) is 11.0. The molecule has 6 heteroatoms. The highest BCUT2D eigenvalue weighted by molar-refractivity contribution is 5.39. The van der Waals surface area contributed by atoms with Gasteiger partial charge in [0.05, 0.1) is 12.2 Å². The summed E-state index contributed by atoms with van der Waals surface area (Å²) in [6.45, 7) is 2.00. The van der Waals surface area contributed by atoms with Gasteiger partial charge in [-0.15, -0.1) is 0 Å². The Balaban J connectivity index is 2.03. The summed E-state index contributed by atoms with van der Waals surface area (Å²) in [5, 5.41) is 0. The van der Waals surface area contributed by atoms with Gasteiger partial charge in [0, 0.05) is 24.2 Å². The van der Waals surface area contributed by atoms with Crippen molar-refractivity contribution >= 4 is 5.65 Å². The number of aromatic nitrogens is 4. The number of imidazole rings is 1. The Bertz CT molecular complexity index is 824. The van der Waals surface area contributed by atoms with Crippen molar-refractivity contribution in [3.05, 3.63) is 68.9 Å². The molecule has 96 valence electrons. The van der Waals surface area contributed by atoms with Gasteiger partial charge in [-0.25, -0.2) is 9.78 Å². The molecule has 0 saturated carbocycles. The second kappa shape index (κ2) is 4.24. The third-order valence-corrected chi connectivity index (χ3v) is 2.94. The highest BCUT2D eigenvalue weighted by Gasteiger charge is 2.05. The van der Waals surface area contributed by atoms with E-state index in [1.165, 1.54) is 4.57 Å². The van der Waals surface area contributed by atoms with E-state index >= 15 is 0 Å². The molecule has 0 aliphatic heterocycles. The molecule has 0 spiro atoms. The minimum Gasteiger partial charge on any atom is -0.307 e. The van der Waals surface area contributed by atoms with Gasteiger partial charge in [-0.05, 0) is 19.1 Å². The van der Waals surface area contributed by atoms with E-state index < -0.39 is 5.69 Å². The molecule has 3 aromatic rings. The molecule has 0 aliphatic carbocycles. The van der Waals surface area contributed by atoms with Gasteiger partial charge in [0.2, 0.25) is 0 Å². The van der Waals surface area contributed by atoms with Crippen LogP contribution in [-0.4, -0.2) is 18.9 Å². The summed E-state index contributed by atoms with van der Waals surface area (Å²) >= 11 is 0. The summed E-state index contributed by atoms with van der Waals surface area (Å²) in [7, 11) is 0. The predicted octanol–water partition coefficient (Wildman–Crippen LogP) is 0.541. The van der Waals surface area contributed by atoms with E-state index in [9.17, 15) is 9.59 Å². The second-order valence-corrected chi connectivity index (χ2v) is 4.40. The number of pyridine rings is 1. The number of aromatic amines is 1. The largest absolute Gasteiger partial charge is 0.328 e. The number of aryl methyl sites for hydroxylation is 1. The van der Waals surface area contributed by atoms with Gasteiger partial charge in [-0.3, -0.25) is 14.3 Å². The third-order valence-electron chi connectivity index (χ3n) is 2.94. The average molecular weight is 256 g/mol. The van der Waals surface area contributed by atoms with Crippen molar-refractivity contribution < 1.29 is 0 Å². The van der Waals surface area contributed by atoms with Crippen molar-refractivity contribution in [2.24, 2.45) is 0 Å². The van der Waals surface area contributed by atoms with Crippen LogP contribution in [0.4, 0.5) is 0 Å². The Morgan fingerprint density at radius 2 is 2.11 bits per heavy atom. The van der Waals surface area contributed by atoms with Crippen molar-refractivity contribution in [3.8, 4) is 0 Å². The smallest absolute Gasteiger partial charge is 0.307 e. The first-order chi connectivity index (χ1) is 9.13. The molecule has 3 rings (SSSR count). The zero-order valence-electron chi connectivity index (χ0n) is 10.3. The Hall–Kier alpha value is -2.63. The SMILES string of the molecule is Cc1cn(Cc2cn3ccccc3n2)c(=O)[nH]c1=O. The van der Waals surface area contributed by atoms with Crippen molar-refractivity contribution in [3.63, 3.8) is 0 Å². The molecule has 0 amide bonds. The molecular formula is C13H12N4O2. The molecule has 0 atom stereocenters. The first kappa shape index (κ1) is 11.5. The summed E-state index contributed by atoms with van der Waals surface area (Å²) in [6, 6.07) is 5.71.